The molecule has 0 saturated heterocycles. The molecule has 8 nitrogen and oxygen atoms in total. The number of urea groups is 1. The van der Waals surface area contributed by atoms with Gasteiger partial charge in [-0.2, -0.15) is 5.10 Å². The van der Waals surface area contributed by atoms with Crippen LogP contribution in [0, 0.1) is 0 Å². The lowest BCUT2D eigenvalue weighted by atomic mass is 10.3. The maximum Gasteiger partial charge on any atom is 0.328 e. The minimum Gasteiger partial charge on any atom is -0.480 e. The van der Waals surface area contributed by atoms with Crippen LogP contribution in [0.15, 0.2) is 12.4 Å². The zero-order chi connectivity index (χ0) is 12.8. The van der Waals surface area contributed by atoms with Gasteiger partial charge in [0.05, 0.1) is 12.8 Å². The molecule has 0 aliphatic rings. The summed E-state index contributed by atoms with van der Waals surface area (Å²) in [7, 11) is 1.75. The predicted molar refractivity (Wildman–Crippen MR) is 57.1 cm³/mol. The lowest BCUT2D eigenvalue weighted by Gasteiger charge is -2.11. The minimum atomic E-state index is -1.30. The van der Waals surface area contributed by atoms with Gasteiger partial charge < -0.3 is 20.8 Å². The van der Waals surface area contributed by atoms with Crippen molar-refractivity contribution in [3.05, 3.63) is 18.0 Å². The Kier molecular flexibility index (Phi) is 4.46. The van der Waals surface area contributed by atoms with Gasteiger partial charge in [0, 0.05) is 25.4 Å². The number of hydrogen-bond donors (Lipinski definition) is 4. The Morgan fingerprint density at radius 3 is 2.76 bits per heavy atom. The van der Waals surface area contributed by atoms with Gasteiger partial charge in [-0.25, -0.2) is 9.59 Å². The molecule has 0 aliphatic carbocycles. The van der Waals surface area contributed by atoms with Crippen LogP contribution in [0.4, 0.5) is 4.79 Å². The number of aliphatic hydroxyl groups excluding tert-OH is 1. The number of aliphatic hydroxyl groups is 1. The van der Waals surface area contributed by atoms with E-state index in [-0.39, 0.29) is 6.54 Å². The van der Waals surface area contributed by atoms with Crippen LogP contribution < -0.4 is 10.6 Å². The number of nitrogens with zero attached hydrogens (tertiary/aromatic N) is 2. The molecule has 0 aliphatic heterocycles. The van der Waals surface area contributed by atoms with Gasteiger partial charge in [0.2, 0.25) is 0 Å². The second-order valence-electron chi connectivity index (χ2n) is 3.42. The number of amides is 2. The number of carboxylic acid groups (broad SMARTS) is 1. The molecular formula is C9H14N4O4. The van der Waals surface area contributed by atoms with E-state index >= 15 is 0 Å². The number of hydrogen-bond acceptors (Lipinski definition) is 4. The van der Waals surface area contributed by atoms with Crippen molar-refractivity contribution < 1.29 is 19.8 Å². The first-order valence-corrected chi connectivity index (χ1v) is 4.88. The molecule has 2 amide bonds. The number of carbonyl (C=O) groups is 2. The van der Waals surface area contributed by atoms with Crippen molar-refractivity contribution in [2.75, 3.05) is 6.61 Å². The average molecular weight is 242 g/mol. The normalized spacial score (nSPS) is 11.9. The summed E-state index contributed by atoms with van der Waals surface area (Å²) in [6.07, 6.45) is 3.31. The summed E-state index contributed by atoms with van der Waals surface area (Å²) in [5.41, 5.74) is 0.790. The molecule has 94 valence electrons. The monoisotopic (exact) mass is 242 g/mol. The topological polar surface area (TPSA) is 116 Å². The number of carbonyl (C=O) groups excluding carboxylic acids is 1. The fraction of sp³-hybridized carbons (Fsp3) is 0.444. The summed E-state index contributed by atoms with van der Waals surface area (Å²) in [6, 6.07) is -1.96. The quantitative estimate of drug-likeness (QED) is 0.510. The Morgan fingerprint density at radius 1 is 1.59 bits per heavy atom. The van der Waals surface area contributed by atoms with Gasteiger partial charge in [-0.1, -0.05) is 0 Å². The lowest BCUT2D eigenvalue weighted by Crippen LogP contribution is -2.47. The van der Waals surface area contributed by atoms with Crippen molar-refractivity contribution in [1.29, 1.82) is 0 Å². The van der Waals surface area contributed by atoms with Crippen LogP contribution in [-0.2, 0) is 18.4 Å². The molecule has 0 fully saturated rings. The molecule has 0 unspecified atom stereocenters. The SMILES string of the molecule is Cn1cc(CNC(=O)N[C@H](CO)C(=O)O)cn1. The summed E-state index contributed by atoms with van der Waals surface area (Å²) in [6.45, 7) is -0.424. The molecule has 0 aromatic carbocycles. The number of aliphatic carboxylic acids is 1. The van der Waals surface area contributed by atoms with Crippen LogP contribution in [0.2, 0.25) is 0 Å². The van der Waals surface area contributed by atoms with Crippen LogP contribution in [0.5, 0.6) is 0 Å². The Labute approximate surface area is 97.2 Å². The highest BCUT2D eigenvalue weighted by atomic mass is 16.4. The third-order valence-corrected chi connectivity index (χ3v) is 2.00. The van der Waals surface area contributed by atoms with E-state index in [4.69, 9.17) is 10.2 Å². The third kappa shape index (κ3) is 4.11. The van der Waals surface area contributed by atoms with Crippen molar-refractivity contribution in [2.24, 2.45) is 7.05 Å². The van der Waals surface area contributed by atoms with Crippen molar-refractivity contribution >= 4 is 12.0 Å². The summed E-state index contributed by atoms with van der Waals surface area (Å²) in [4.78, 5) is 21.8. The van der Waals surface area contributed by atoms with Crippen molar-refractivity contribution in [2.45, 2.75) is 12.6 Å². The van der Waals surface area contributed by atoms with Gasteiger partial charge in [0.25, 0.3) is 0 Å². The maximum absolute atomic E-state index is 11.3. The highest BCUT2D eigenvalue weighted by Gasteiger charge is 2.18. The highest BCUT2D eigenvalue weighted by molar-refractivity contribution is 5.82. The molecule has 1 atom stereocenters. The molecule has 1 aromatic heterocycles. The van der Waals surface area contributed by atoms with Gasteiger partial charge in [-0.05, 0) is 0 Å². The number of carboxylic acids is 1. The van der Waals surface area contributed by atoms with Gasteiger partial charge in [0.1, 0.15) is 0 Å². The standard InChI is InChI=1S/C9H14N4O4/c1-13-4-6(3-11-13)2-10-9(17)12-7(5-14)8(15)16/h3-4,7,14H,2,5H2,1H3,(H,15,16)(H2,10,12,17)/t7-/m1/s1. The van der Waals surface area contributed by atoms with E-state index in [0.717, 1.165) is 5.56 Å². The van der Waals surface area contributed by atoms with Crippen molar-refractivity contribution in [3.8, 4) is 0 Å². The van der Waals surface area contributed by atoms with Gasteiger partial charge >= 0.3 is 12.0 Å². The molecule has 0 radical (unpaired) electrons. The molecule has 0 saturated carbocycles. The van der Waals surface area contributed by atoms with Crippen LogP contribution in [-0.4, -0.2) is 44.6 Å². The smallest absolute Gasteiger partial charge is 0.328 e. The van der Waals surface area contributed by atoms with Gasteiger partial charge in [0.15, 0.2) is 6.04 Å². The van der Waals surface area contributed by atoms with Gasteiger partial charge in [-0.15, -0.1) is 0 Å². The Morgan fingerprint density at radius 2 is 2.29 bits per heavy atom. The fourth-order valence-corrected chi connectivity index (χ4v) is 1.14. The molecule has 1 rings (SSSR count). The van der Waals surface area contributed by atoms with Crippen molar-refractivity contribution in [3.63, 3.8) is 0 Å². The van der Waals surface area contributed by atoms with Gasteiger partial charge in [-0.3, -0.25) is 4.68 Å². The third-order valence-electron chi connectivity index (χ3n) is 2.00. The van der Waals surface area contributed by atoms with E-state index in [1.165, 1.54) is 0 Å². The maximum atomic E-state index is 11.3. The average Bonchev–Trinajstić information content (AvgIpc) is 2.68. The fourth-order valence-electron chi connectivity index (χ4n) is 1.14. The van der Waals surface area contributed by atoms with E-state index in [0.29, 0.717) is 0 Å². The zero-order valence-corrected chi connectivity index (χ0v) is 9.25. The van der Waals surface area contributed by atoms with E-state index in [1.54, 1.807) is 24.1 Å². The first-order chi connectivity index (χ1) is 8.02. The second kappa shape index (κ2) is 5.85. The summed E-state index contributed by atoms with van der Waals surface area (Å²) < 4.78 is 1.59. The highest BCUT2D eigenvalue weighted by Crippen LogP contribution is 1.94. The molecule has 4 N–H and O–H groups in total. The predicted octanol–water partition coefficient (Wildman–Crippen LogP) is -1.34. The minimum absolute atomic E-state index is 0.234. The lowest BCUT2D eigenvalue weighted by molar-refractivity contribution is -0.140. The Balaban J connectivity index is 2.37. The molecule has 17 heavy (non-hydrogen) atoms. The van der Waals surface area contributed by atoms with Crippen LogP contribution >= 0.6 is 0 Å². The largest absolute Gasteiger partial charge is 0.480 e. The number of nitrogens with one attached hydrogen (secondary N) is 2. The van der Waals surface area contributed by atoms with E-state index < -0.39 is 24.6 Å². The molecule has 1 heterocycles. The first kappa shape index (κ1) is 13.0. The summed E-state index contributed by atoms with van der Waals surface area (Å²) in [5.74, 6) is -1.29. The molecule has 1 aromatic rings. The zero-order valence-electron chi connectivity index (χ0n) is 9.25. The summed E-state index contributed by atoms with van der Waals surface area (Å²) in [5, 5.41) is 25.8. The Hall–Kier alpha value is -2.09. The summed E-state index contributed by atoms with van der Waals surface area (Å²) >= 11 is 0. The number of aromatic nitrogens is 2. The van der Waals surface area contributed by atoms with Crippen molar-refractivity contribution in [1.82, 2.24) is 20.4 Å². The van der Waals surface area contributed by atoms with E-state index in [2.05, 4.69) is 15.7 Å². The molecule has 0 spiro atoms. The number of aryl methyl sites for hydroxylation is 1. The number of rotatable bonds is 5. The van der Waals surface area contributed by atoms with Crippen LogP contribution in [0.1, 0.15) is 5.56 Å². The van der Waals surface area contributed by atoms with Crippen LogP contribution in [0.3, 0.4) is 0 Å². The second-order valence-corrected chi connectivity index (χ2v) is 3.42. The molecular weight excluding hydrogens is 228 g/mol. The van der Waals surface area contributed by atoms with E-state index in [1.807, 2.05) is 0 Å². The van der Waals surface area contributed by atoms with Crippen LogP contribution in [0.25, 0.3) is 0 Å². The first-order valence-electron chi connectivity index (χ1n) is 4.88. The molecule has 8 heteroatoms. The molecule has 0 bridgehead atoms. The van der Waals surface area contributed by atoms with E-state index in [9.17, 15) is 9.59 Å². The Bertz CT molecular complexity index is 403.